The Hall–Kier alpha value is -1.81. The van der Waals surface area contributed by atoms with Crippen LogP contribution in [0.15, 0.2) is 41.5 Å². The lowest BCUT2D eigenvalue weighted by atomic mass is 10.0. The fourth-order valence-electron chi connectivity index (χ4n) is 2.44. The highest BCUT2D eigenvalue weighted by atomic mass is 16.1. The van der Waals surface area contributed by atoms with Gasteiger partial charge in [0.15, 0.2) is 0 Å². The molecule has 4 nitrogen and oxygen atoms in total. The van der Waals surface area contributed by atoms with Crippen molar-refractivity contribution >= 4 is 0 Å². The smallest absolute Gasteiger partial charge is 0.308 e. The minimum atomic E-state index is 0.0310. The molecule has 0 bridgehead atoms. The predicted octanol–water partition coefficient (Wildman–Crippen LogP) is 2.49. The molecule has 0 aliphatic carbocycles. The van der Waals surface area contributed by atoms with Crippen molar-refractivity contribution in [1.82, 2.24) is 14.5 Å². The molecule has 0 saturated carbocycles. The van der Waals surface area contributed by atoms with Gasteiger partial charge in [-0.3, -0.25) is 4.57 Å². The number of hydrogen-bond acceptors (Lipinski definition) is 2. The standard InChI is InChI=1S/C17H25N3O/c1-4-10-18-16(13-20-12-11-19(3)17(20)21)15-8-6-14(5-2)7-9-15/h6-9,11-12,16,18H,4-5,10,13H2,1-3H3. The van der Waals surface area contributed by atoms with E-state index < -0.39 is 0 Å². The Kier molecular flexibility index (Phi) is 5.39. The summed E-state index contributed by atoms with van der Waals surface area (Å²) >= 11 is 0. The molecule has 0 radical (unpaired) electrons. The molecular formula is C17H25N3O. The fraction of sp³-hybridized carbons (Fsp3) is 0.471. The fourth-order valence-corrected chi connectivity index (χ4v) is 2.44. The van der Waals surface area contributed by atoms with Crippen molar-refractivity contribution in [2.24, 2.45) is 7.05 Å². The van der Waals surface area contributed by atoms with Crippen LogP contribution in [0.1, 0.15) is 37.4 Å². The van der Waals surface area contributed by atoms with Gasteiger partial charge in [-0.1, -0.05) is 38.1 Å². The molecule has 0 spiro atoms. The van der Waals surface area contributed by atoms with Crippen LogP contribution in [0.4, 0.5) is 0 Å². The average Bonchev–Trinajstić information content (AvgIpc) is 2.83. The van der Waals surface area contributed by atoms with E-state index in [4.69, 9.17) is 0 Å². The second-order valence-corrected chi connectivity index (χ2v) is 5.45. The summed E-state index contributed by atoms with van der Waals surface area (Å²) < 4.78 is 3.37. The first-order chi connectivity index (χ1) is 10.2. The molecule has 1 unspecified atom stereocenters. The largest absolute Gasteiger partial charge is 0.327 e. The van der Waals surface area contributed by atoms with Crippen molar-refractivity contribution < 1.29 is 0 Å². The number of aryl methyl sites for hydroxylation is 2. The summed E-state index contributed by atoms with van der Waals surface area (Å²) in [4.78, 5) is 12.0. The van der Waals surface area contributed by atoms with Crippen LogP contribution >= 0.6 is 0 Å². The van der Waals surface area contributed by atoms with Crippen molar-refractivity contribution in [3.8, 4) is 0 Å². The summed E-state index contributed by atoms with van der Waals surface area (Å²) in [6.07, 6.45) is 5.78. The molecule has 1 aromatic carbocycles. The van der Waals surface area contributed by atoms with Gasteiger partial charge in [-0.25, -0.2) is 4.79 Å². The van der Waals surface area contributed by atoms with Crippen molar-refractivity contribution in [3.63, 3.8) is 0 Å². The minimum Gasteiger partial charge on any atom is -0.308 e. The molecular weight excluding hydrogens is 262 g/mol. The van der Waals surface area contributed by atoms with E-state index in [9.17, 15) is 4.79 Å². The van der Waals surface area contributed by atoms with Gasteiger partial charge in [0.05, 0.1) is 6.04 Å². The van der Waals surface area contributed by atoms with E-state index in [0.29, 0.717) is 6.54 Å². The number of hydrogen-bond donors (Lipinski definition) is 1. The molecule has 1 heterocycles. The zero-order valence-corrected chi connectivity index (χ0v) is 13.2. The van der Waals surface area contributed by atoms with Gasteiger partial charge in [0.1, 0.15) is 0 Å². The summed E-state index contributed by atoms with van der Waals surface area (Å²) in [5.74, 6) is 0. The summed E-state index contributed by atoms with van der Waals surface area (Å²) in [6, 6.07) is 8.84. The molecule has 4 heteroatoms. The quantitative estimate of drug-likeness (QED) is 0.850. The van der Waals surface area contributed by atoms with Gasteiger partial charge in [0.25, 0.3) is 0 Å². The van der Waals surface area contributed by atoms with E-state index in [1.54, 1.807) is 22.4 Å². The zero-order chi connectivity index (χ0) is 15.2. The van der Waals surface area contributed by atoms with Crippen LogP contribution in [0.5, 0.6) is 0 Å². The number of nitrogens with zero attached hydrogens (tertiary/aromatic N) is 2. The lowest BCUT2D eigenvalue weighted by molar-refractivity contribution is 0.454. The van der Waals surface area contributed by atoms with Crippen LogP contribution in [0.3, 0.4) is 0 Å². The molecule has 0 amide bonds. The highest BCUT2D eigenvalue weighted by molar-refractivity contribution is 5.25. The Morgan fingerprint density at radius 3 is 2.38 bits per heavy atom. The third-order valence-electron chi connectivity index (χ3n) is 3.83. The second-order valence-electron chi connectivity index (χ2n) is 5.45. The number of nitrogens with one attached hydrogen (secondary N) is 1. The van der Waals surface area contributed by atoms with Crippen LogP contribution in [0, 0.1) is 0 Å². The van der Waals surface area contributed by atoms with Gasteiger partial charge < -0.3 is 9.88 Å². The monoisotopic (exact) mass is 287 g/mol. The summed E-state index contributed by atoms with van der Waals surface area (Å²) in [5, 5.41) is 3.54. The minimum absolute atomic E-state index is 0.0310. The lowest BCUT2D eigenvalue weighted by Gasteiger charge is -2.19. The van der Waals surface area contributed by atoms with E-state index in [-0.39, 0.29) is 11.7 Å². The van der Waals surface area contributed by atoms with E-state index in [1.807, 2.05) is 6.20 Å². The third-order valence-corrected chi connectivity index (χ3v) is 3.83. The Balaban J connectivity index is 2.20. The topological polar surface area (TPSA) is 39.0 Å². The highest BCUT2D eigenvalue weighted by Crippen LogP contribution is 2.16. The van der Waals surface area contributed by atoms with Crippen molar-refractivity contribution in [3.05, 3.63) is 58.3 Å². The van der Waals surface area contributed by atoms with Gasteiger partial charge in [0.2, 0.25) is 0 Å². The van der Waals surface area contributed by atoms with Gasteiger partial charge in [0, 0.05) is 26.0 Å². The molecule has 1 N–H and O–H groups in total. The molecule has 0 aliphatic rings. The second kappa shape index (κ2) is 7.27. The van der Waals surface area contributed by atoms with Crippen molar-refractivity contribution in [2.45, 2.75) is 39.3 Å². The zero-order valence-electron chi connectivity index (χ0n) is 13.2. The van der Waals surface area contributed by atoms with Crippen LogP contribution in [0.2, 0.25) is 0 Å². The molecule has 1 atom stereocenters. The van der Waals surface area contributed by atoms with Crippen LogP contribution in [-0.4, -0.2) is 15.7 Å². The van der Waals surface area contributed by atoms with Gasteiger partial charge in [-0.15, -0.1) is 0 Å². The third kappa shape index (κ3) is 3.85. The van der Waals surface area contributed by atoms with Crippen LogP contribution in [0.25, 0.3) is 0 Å². The van der Waals surface area contributed by atoms with Crippen LogP contribution < -0.4 is 11.0 Å². The highest BCUT2D eigenvalue weighted by Gasteiger charge is 2.13. The molecule has 1 aromatic heterocycles. The van der Waals surface area contributed by atoms with Crippen molar-refractivity contribution in [1.29, 1.82) is 0 Å². The maximum absolute atomic E-state index is 12.0. The van der Waals surface area contributed by atoms with E-state index in [1.165, 1.54) is 11.1 Å². The maximum Gasteiger partial charge on any atom is 0.327 e. The number of benzene rings is 1. The Morgan fingerprint density at radius 1 is 1.14 bits per heavy atom. The van der Waals surface area contributed by atoms with Crippen molar-refractivity contribution in [2.75, 3.05) is 6.54 Å². The Labute approximate surface area is 126 Å². The summed E-state index contributed by atoms with van der Waals surface area (Å²) in [6.45, 7) is 5.91. The molecule has 0 saturated heterocycles. The summed E-state index contributed by atoms with van der Waals surface area (Å²) in [7, 11) is 1.78. The normalized spacial score (nSPS) is 12.5. The molecule has 21 heavy (non-hydrogen) atoms. The summed E-state index contributed by atoms with van der Waals surface area (Å²) in [5.41, 5.74) is 2.60. The van der Waals surface area contributed by atoms with E-state index in [2.05, 4.69) is 43.4 Å². The first-order valence-electron chi connectivity index (χ1n) is 7.69. The first kappa shape index (κ1) is 15.6. The van der Waals surface area contributed by atoms with Gasteiger partial charge >= 0.3 is 5.69 Å². The molecule has 2 rings (SSSR count). The maximum atomic E-state index is 12.0. The number of rotatable bonds is 7. The molecule has 0 aliphatic heterocycles. The average molecular weight is 287 g/mol. The Morgan fingerprint density at radius 2 is 1.86 bits per heavy atom. The van der Waals surface area contributed by atoms with E-state index >= 15 is 0 Å². The lowest BCUT2D eigenvalue weighted by Crippen LogP contribution is -2.31. The van der Waals surface area contributed by atoms with Crippen LogP contribution in [-0.2, 0) is 20.0 Å². The SMILES string of the molecule is CCCNC(Cn1ccn(C)c1=O)c1ccc(CC)cc1. The van der Waals surface area contributed by atoms with E-state index in [0.717, 1.165) is 19.4 Å². The van der Waals surface area contributed by atoms with Gasteiger partial charge in [-0.05, 0) is 30.5 Å². The molecule has 114 valence electrons. The number of aromatic nitrogens is 2. The molecule has 0 fully saturated rings. The van der Waals surface area contributed by atoms with Gasteiger partial charge in [-0.2, -0.15) is 0 Å². The number of imidazole rings is 1. The molecule has 2 aromatic rings. The first-order valence-corrected chi connectivity index (χ1v) is 7.69. The predicted molar refractivity (Wildman–Crippen MR) is 86.5 cm³/mol. The Bertz CT molecular complexity index is 610.